The molecule has 0 aliphatic carbocycles. The third kappa shape index (κ3) is 4.72. The zero-order valence-corrected chi connectivity index (χ0v) is 12.6. The van der Waals surface area contributed by atoms with E-state index in [4.69, 9.17) is 19.6 Å². The molecule has 1 aromatic carbocycles. The van der Waals surface area contributed by atoms with Gasteiger partial charge in [-0.05, 0) is 30.5 Å². The van der Waals surface area contributed by atoms with E-state index in [0.717, 1.165) is 4.90 Å². The van der Waals surface area contributed by atoms with Crippen LogP contribution in [0, 0.1) is 0 Å². The van der Waals surface area contributed by atoms with Crippen LogP contribution < -0.4 is 0 Å². The van der Waals surface area contributed by atoms with Crippen molar-refractivity contribution in [2.75, 3.05) is 6.26 Å². The molecule has 1 aromatic rings. The molecule has 0 saturated carbocycles. The van der Waals surface area contributed by atoms with Crippen molar-refractivity contribution < 1.29 is 31.6 Å². The molecule has 102 valence electrons. The van der Waals surface area contributed by atoms with E-state index in [-0.39, 0.29) is 2.85 Å². The molecule has 0 fully saturated rings. The van der Waals surface area contributed by atoms with Crippen LogP contribution in [0.25, 0.3) is 0 Å². The van der Waals surface area contributed by atoms with Crippen molar-refractivity contribution in [1.29, 1.82) is 0 Å². The fraction of sp³-hybridized carbons (Fsp3) is 0.250. The van der Waals surface area contributed by atoms with Gasteiger partial charge in [0.05, 0.1) is 0 Å². The first-order valence-corrected chi connectivity index (χ1v) is 10.0. The summed E-state index contributed by atoms with van der Waals surface area (Å²) in [6, 6.07) is 6.55. The fourth-order valence-corrected chi connectivity index (χ4v) is 5.45. The smallest absolute Gasteiger partial charge is 0.323 e. The molecule has 0 radical (unpaired) electrons. The number of hydrogen-bond donors (Lipinski definition) is 4. The van der Waals surface area contributed by atoms with Crippen LogP contribution in [0.1, 0.15) is 2.85 Å². The molecule has 0 heterocycles. The second-order valence-corrected chi connectivity index (χ2v) is 9.85. The van der Waals surface area contributed by atoms with Gasteiger partial charge >= 0.3 is 18.0 Å². The van der Waals surface area contributed by atoms with Gasteiger partial charge in [-0.15, -0.1) is 11.8 Å². The van der Waals surface area contributed by atoms with Gasteiger partial charge in [-0.3, -0.25) is 9.13 Å². The van der Waals surface area contributed by atoms with E-state index in [1.54, 1.807) is 24.3 Å². The van der Waals surface area contributed by atoms with Crippen molar-refractivity contribution >= 4 is 38.7 Å². The summed E-state index contributed by atoms with van der Waals surface area (Å²) in [5.41, 5.74) is 0. The minimum Gasteiger partial charge on any atom is -0.323 e. The molecular weight excluding hydrogens is 318 g/mol. The minimum atomic E-state index is -4.89. The second-order valence-electron chi connectivity index (χ2n) is 3.30. The second kappa shape index (κ2) is 6.11. The van der Waals surface area contributed by atoms with E-state index >= 15 is 0 Å². The lowest BCUT2D eigenvalue weighted by Crippen LogP contribution is -2.04. The Morgan fingerprint density at radius 2 is 1.39 bits per heavy atom. The van der Waals surface area contributed by atoms with Crippen molar-refractivity contribution in [3.05, 3.63) is 24.3 Å². The molecule has 0 unspecified atom stereocenters. The Hall–Kier alpha value is 0.220. The van der Waals surface area contributed by atoms with Gasteiger partial charge in [-0.25, -0.2) is 0 Å². The minimum absolute atomic E-state index is 0. The Morgan fingerprint density at radius 1 is 1.00 bits per heavy atom. The maximum atomic E-state index is 11.1. The van der Waals surface area contributed by atoms with Crippen LogP contribution in [0.3, 0.4) is 0 Å². The van der Waals surface area contributed by atoms with Gasteiger partial charge in [0.2, 0.25) is 4.73 Å². The topological polar surface area (TPSA) is 115 Å². The molecule has 1 rings (SSSR count). The summed E-state index contributed by atoms with van der Waals surface area (Å²) in [5, 5.41) is 0. The van der Waals surface area contributed by atoms with E-state index in [1.165, 1.54) is 11.8 Å². The molecular formula is C8H14O6P2S2+2. The van der Waals surface area contributed by atoms with Crippen LogP contribution in [0.2, 0.25) is 0 Å². The lowest BCUT2D eigenvalue weighted by molar-refractivity contribution is 0.352. The standard InChI is InChI=1S/C8H12O6P2S2/c1-17-6-2-4-7(5-3-6)18-8(15(9,10)11)16(12,13)14/h2-5,8H,1H3,(H2,9,10,11)(H2,12,13,14)/p+2. The molecule has 4 N–H and O–H groups in total. The van der Waals surface area contributed by atoms with Gasteiger partial charge < -0.3 is 19.6 Å². The van der Waals surface area contributed by atoms with E-state index in [2.05, 4.69) is 0 Å². The van der Waals surface area contributed by atoms with Crippen molar-refractivity contribution in [2.45, 2.75) is 14.5 Å². The van der Waals surface area contributed by atoms with Crippen molar-refractivity contribution in [3.8, 4) is 0 Å². The summed E-state index contributed by atoms with van der Waals surface area (Å²) < 4.78 is 20.1. The van der Waals surface area contributed by atoms with Crippen LogP contribution in [-0.4, -0.2) is 30.6 Å². The molecule has 0 atom stereocenters. The fourth-order valence-electron chi connectivity index (χ4n) is 1.11. The first-order valence-electron chi connectivity index (χ1n) is 4.56. The van der Waals surface area contributed by atoms with Crippen LogP contribution >= 0.6 is 38.7 Å². The van der Waals surface area contributed by atoms with Crippen molar-refractivity contribution in [1.82, 2.24) is 0 Å². The molecule has 10 heteroatoms. The zero-order valence-electron chi connectivity index (χ0n) is 11.2. The van der Waals surface area contributed by atoms with Crippen LogP contribution in [0.4, 0.5) is 0 Å². The highest BCUT2D eigenvalue weighted by Crippen LogP contribution is 2.65. The van der Waals surface area contributed by atoms with Crippen molar-refractivity contribution in [2.24, 2.45) is 0 Å². The largest absolute Gasteiger partial charge is 1.00 e. The van der Waals surface area contributed by atoms with Gasteiger partial charge in [-0.1, -0.05) is 11.8 Å². The summed E-state index contributed by atoms with van der Waals surface area (Å²) in [7, 11) is -9.77. The highest BCUT2D eigenvalue weighted by atomic mass is 32.2. The summed E-state index contributed by atoms with van der Waals surface area (Å²) in [6.07, 6.45) is 1.87. The van der Waals surface area contributed by atoms with Crippen LogP contribution in [0.5, 0.6) is 0 Å². The molecule has 6 nitrogen and oxygen atoms in total. The van der Waals surface area contributed by atoms with Gasteiger partial charge in [-0.2, -0.15) is 0 Å². The maximum absolute atomic E-state index is 11.1. The molecule has 18 heavy (non-hydrogen) atoms. The Labute approximate surface area is 115 Å². The highest BCUT2D eigenvalue weighted by molar-refractivity contribution is 8.12. The van der Waals surface area contributed by atoms with E-state index < -0.39 is 19.9 Å². The Morgan fingerprint density at radius 3 is 1.72 bits per heavy atom. The Balaban J connectivity index is 0. The maximum Gasteiger partial charge on any atom is 1.00 e. The summed E-state index contributed by atoms with van der Waals surface area (Å²) in [6.45, 7) is 0. The zero-order chi connectivity index (χ0) is 14.0. The molecule has 0 amide bonds. The summed E-state index contributed by atoms with van der Waals surface area (Å²) in [4.78, 5) is 37.2. The first kappa shape index (κ1) is 16.3. The molecule has 0 saturated heterocycles. The van der Waals surface area contributed by atoms with E-state index in [1.807, 2.05) is 6.26 Å². The van der Waals surface area contributed by atoms with Gasteiger partial charge in [0, 0.05) is 9.79 Å². The Bertz CT molecular complexity index is 480. The number of rotatable bonds is 5. The van der Waals surface area contributed by atoms with Gasteiger partial charge in [0.15, 0.2) is 0 Å². The quantitative estimate of drug-likeness (QED) is 0.480. The van der Waals surface area contributed by atoms with E-state index in [0.29, 0.717) is 16.7 Å². The third-order valence-corrected chi connectivity index (χ3v) is 8.61. The van der Waals surface area contributed by atoms with Gasteiger partial charge in [0.25, 0.3) is 0 Å². The Kier molecular flexibility index (Phi) is 5.53. The normalized spacial score (nSPS) is 13.0. The lowest BCUT2D eigenvalue weighted by atomic mass is 10.4. The average Bonchev–Trinajstić information content (AvgIpc) is 2.23. The SMILES string of the molecule is CSc1ccc(SC(P(=O)(O)O)P(=O)(O)O)cc1.[H+].[H+]. The lowest BCUT2D eigenvalue weighted by Gasteiger charge is -2.18. The van der Waals surface area contributed by atoms with Crippen LogP contribution in [0.15, 0.2) is 34.1 Å². The first-order chi connectivity index (χ1) is 8.14. The predicted molar refractivity (Wildman–Crippen MR) is 74.2 cm³/mol. The number of thioether (sulfide) groups is 2. The summed E-state index contributed by atoms with van der Waals surface area (Å²) in [5.74, 6) is 0. The molecule has 0 aromatic heterocycles. The van der Waals surface area contributed by atoms with E-state index in [9.17, 15) is 9.13 Å². The van der Waals surface area contributed by atoms with Crippen molar-refractivity contribution in [3.63, 3.8) is 0 Å². The molecule has 0 aliphatic heterocycles. The average molecular weight is 332 g/mol. The molecule has 0 aliphatic rings. The number of benzene rings is 1. The van der Waals surface area contributed by atoms with Crippen LogP contribution in [-0.2, 0) is 9.13 Å². The highest BCUT2D eigenvalue weighted by Gasteiger charge is 2.44. The predicted octanol–water partition coefficient (Wildman–Crippen LogP) is 2.36. The summed E-state index contributed by atoms with van der Waals surface area (Å²) >= 11 is 1.98. The molecule has 0 spiro atoms. The monoisotopic (exact) mass is 332 g/mol. The third-order valence-electron chi connectivity index (χ3n) is 1.88. The van der Waals surface area contributed by atoms with Gasteiger partial charge in [0.1, 0.15) is 0 Å². The molecule has 0 bridgehead atoms. The number of hydrogen-bond acceptors (Lipinski definition) is 4.